The number of benzene rings is 2. The maximum atomic E-state index is 12.3. The van der Waals surface area contributed by atoms with E-state index in [1.165, 1.54) is 0 Å². The van der Waals surface area contributed by atoms with Crippen LogP contribution >= 0.6 is 39.1 Å². The van der Waals surface area contributed by atoms with Gasteiger partial charge in [0.2, 0.25) is 0 Å². The van der Waals surface area contributed by atoms with Gasteiger partial charge in [0, 0.05) is 20.7 Å². The number of halogens is 3. The topological polar surface area (TPSA) is 29.1 Å². The van der Waals surface area contributed by atoms with E-state index in [9.17, 15) is 4.79 Å². The van der Waals surface area contributed by atoms with Crippen LogP contribution in [0, 0.1) is 0 Å². The van der Waals surface area contributed by atoms with E-state index in [0.717, 1.165) is 10.0 Å². The summed E-state index contributed by atoms with van der Waals surface area (Å²) in [5.41, 5.74) is 2.07. The molecule has 0 spiro atoms. The molecule has 1 N–H and O–H groups in total. The van der Waals surface area contributed by atoms with Crippen LogP contribution in [0.1, 0.15) is 28.2 Å². The molecule has 0 bridgehead atoms. The van der Waals surface area contributed by atoms with E-state index < -0.39 is 0 Å². The predicted molar refractivity (Wildman–Crippen MR) is 87.8 cm³/mol. The highest BCUT2D eigenvalue weighted by Crippen LogP contribution is 2.28. The smallest absolute Gasteiger partial charge is 0.255 e. The lowest BCUT2D eigenvalue weighted by atomic mass is 10.1. The average Bonchev–Trinajstić information content (AvgIpc) is 2.37. The van der Waals surface area contributed by atoms with E-state index in [0.29, 0.717) is 16.3 Å². The zero-order chi connectivity index (χ0) is 14.7. The third-order valence-electron chi connectivity index (χ3n) is 2.76. The average molecular weight is 373 g/mol. The molecule has 0 aliphatic rings. The van der Waals surface area contributed by atoms with Gasteiger partial charge in [-0.15, -0.1) is 11.6 Å². The van der Waals surface area contributed by atoms with Gasteiger partial charge in [0.05, 0.1) is 5.38 Å². The minimum Gasteiger partial charge on any atom is -0.322 e. The largest absolute Gasteiger partial charge is 0.322 e. The lowest BCUT2D eigenvalue weighted by Gasteiger charge is -2.12. The van der Waals surface area contributed by atoms with Crippen molar-refractivity contribution in [2.75, 3.05) is 5.32 Å². The Morgan fingerprint density at radius 2 is 1.95 bits per heavy atom. The fourth-order valence-electron chi connectivity index (χ4n) is 1.84. The third-order valence-corrected chi connectivity index (χ3v) is 3.67. The standard InChI is InChI=1S/C15H12BrCl2NO/c1-9(17)13-4-2-3-5-14(13)19-15(20)10-6-11(16)8-12(18)7-10/h2-9H,1H3,(H,19,20). The molecule has 104 valence electrons. The van der Waals surface area contributed by atoms with E-state index in [4.69, 9.17) is 23.2 Å². The summed E-state index contributed by atoms with van der Waals surface area (Å²) in [5, 5.41) is 3.18. The molecule has 1 unspecified atom stereocenters. The molecule has 0 fully saturated rings. The second kappa shape index (κ2) is 6.61. The number of amides is 1. The molecule has 2 aromatic carbocycles. The van der Waals surface area contributed by atoms with Crippen molar-refractivity contribution in [1.29, 1.82) is 0 Å². The molecule has 2 aromatic rings. The zero-order valence-electron chi connectivity index (χ0n) is 10.7. The number of para-hydroxylation sites is 1. The number of carbonyl (C=O) groups is 1. The third kappa shape index (κ3) is 3.75. The molecule has 0 heterocycles. The van der Waals surface area contributed by atoms with Crippen molar-refractivity contribution in [3.63, 3.8) is 0 Å². The van der Waals surface area contributed by atoms with E-state index in [-0.39, 0.29) is 11.3 Å². The van der Waals surface area contributed by atoms with E-state index >= 15 is 0 Å². The molecule has 2 nitrogen and oxygen atoms in total. The van der Waals surface area contributed by atoms with E-state index in [1.54, 1.807) is 18.2 Å². The molecule has 5 heteroatoms. The number of rotatable bonds is 3. The SMILES string of the molecule is CC(Cl)c1ccccc1NC(=O)c1cc(Cl)cc(Br)c1. The van der Waals surface area contributed by atoms with Crippen LogP contribution in [0.2, 0.25) is 5.02 Å². The lowest BCUT2D eigenvalue weighted by Crippen LogP contribution is -2.13. The summed E-state index contributed by atoms with van der Waals surface area (Å²) in [6.07, 6.45) is 0. The summed E-state index contributed by atoms with van der Waals surface area (Å²) in [6.45, 7) is 1.86. The fraction of sp³-hybridized carbons (Fsp3) is 0.133. The van der Waals surface area contributed by atoms with Gasteiger partial charge in [-0.3, -0.25) is 4.79 Å². The number of alkyl halides is 1. The zero-order valence-corrected chi connectivity index (χ0v) is 13.8. The first-order valence-corrected chi connectivity index (χ1v) is 7.58. The molecule has 20 heavy (non-hydrogen) atoms. The van der Waals surface area contributed by atoms with Gasteiger partial charge in [0.1, 0.15) is 0 Å². The van der Waals surface area contributed by atoms with Gasteiger partial charge in [-0.1, -0.05) is 45.7 Å². The summed E-state index contributed by atoms with van der Waals surface area (Å²) in [5.74, 6) is -0.224. The van der Waals surface area contributed by atoms with E-state index in [1.807, 2.05) is 31.2 Å². The van der Waals surface area contributed by atoms with Crippen LogP contribution in [0.3, 0.4) is 0 Å². The van der Waals surface area contributed by atoms with Crippen molar-refractivity contribution < 1.29 is 4.79 Å². The molecule has 0 aromatic heterocycles. The normalized spacial score (nSPS) is 12.0. The molecule has 0 saturated carbocycles. The van der Waals surface area contributed by atoms with Gasteiger partial charge >= 0.3 is 0 Å². The number of nitrogens with one attached hydrogen (secondary N) is 1. The maximum absolute atomic E-state index is 12.3. The summed E-state index contributed by atoms with van der Waals surface area (Å²) in [4.78, 5) is 12.3. The van der Waals surface area contributed by atoms with Crippen molar-refractivity contribution in [1.82, 2.24) is 0 Å². The van der Waals surface area contributed by atoms with Gasteiger partial charge in [-0.05, 0) is 36.8 Å². The molecule has 1 atom stereocenters. The highest BCUT2D eigenvalue weighted by molar-refractivity contribution is 9.10. The molecule has 0 radical (unpaired) electrons. The van der Waals surface area contributed by atoms with Crippen molar-refractivity contribution in [3.8, 4) is 0 Å². The highest BCUT2D eigenvalue weighted by atomic mass is 79.9. The molecule has 0 aliphatic heterocycles. The van der Waals surface area contributed by atoms with Crippen molar-refractivity contribution in [2.24, 2.45) is 0 Å². The Morgan fingerprint density at radius 1 is 1.25 bits per heavy atom. The van der Waals surface area contributed by atoms with Gasteiger partial charge in [0.25, 0.3) is 5.91 Å². The van der Waals surface area contributed by atoms with E-state index in [2.05, 4.69) is 21.2 Å². The molecule has 1 amide bonds. The van der Waals surface area contributed by atoms with Crippen molar-refractivity contribution in [2.45, 2.75) is 12.3 Å². The lowest BCUT2D eigenvalue weighted by molar-refractivity contribution is 0.102. The quantitative estimate of drug-likeness (QED) is 0.692. The Labute approximate surface area is 136 Å². The van der Waals surface area contributed by atoms with Crippen molar-refractivity contribution >= 4 is 50.7 Å². The Morgan fingerprint density at radius 3 is 2.60 bits per heavy atom. The molecule has 0 saturated heterocycles. The molecule has 0 aliphatic carbocycles. The summed E-state index contributed by atoms with van der Waals surface area (Å²) in [7, 11) is 0. The van der Waals surface area contributed by atoms with Crippen LogP contribution in [-0.4, -0.2) is 5.91 Å². The van der Waals surface area contributed by atoms with Gasteiger partial charge in [-0.25, -0.2) is 0 Å². The minimum atomic E-state index is -0.224. The first-order valence-electron chi connectivity index (χ1n) is 5.98. The maximum Gasteiger partial charge on any atom is 0.255 e. The number of hydrogen-bond acceptors (Lipinski definition) is 1. The fourth-order valence-corrected chi connectivity index (χ4v) is 2.89. The first-order chi connectivity index (χ1) is 9.47. The molecule has 2 rings (SSSR count). The minimum absolute atomic E-state index is 0.183. The Hall–Kier alpha value is -1.03. The van der Waals surface area contributed by atoms with Crippen LogP contribution < -0.4 is 5.32 Å². The Balaban J connectivity index is 2.28. The second-order valence-corrected chi connectivity index (χ2v) is 6.32. The summed E-state index contributed by atoms with van der Waals surface area (Å²) < 4.78 is 0.758. The molecular formula is C15H12BrCl2NO. The van der Waals surface area contributed by atoms with Gasteiger partial charge < -0.3 is 5.32 Å². The monoisotopic (exact) mass is 371 g/mol. The van der Waals surface area contributed by atoms with Crippen LogP contribution in [0.25, 0.3) is 0 Å². The highest BCUT2D eigenvalue weighted by Gasteiger charge is 2.12. The van der Waals surface area contributed by atoms with Gasteiger partial charge in [0.15, 0.2) is 0 Å². The predicted octanol–water partition coefficient (Wildman–Crippen LogP) is 5.65. The summed E-state index contributed by atoms with van der Waals surface area (Å²) >= 11 is 15.4. The number of carbonyl (C=O) groups excluding carboxylic acids is 1. The van der Waals surface area contributed by atoms with Crippen molar-refractivity contribution in [3.05, 3.63) is 63.1 Å². The number of anilines is 1. The van der Waals surface area contributed by atoms with Crippen LogP contribution in [0.5, 0.6) is 0 Å². The van der Waals surface area contributed by atoms with Crippen LogP contribution in [-0.2, 0) is 0 Å². The first kappa shape index (κ1) is 15.4. The van der Waals surface area contributed by atoms with Crippen LogP contribution in [0.15, 0.2) is 46.9 Å². The summed E-state index contributed by atoms with van der Waals surface area (Å²) in [6, 6.07) is 12.5. The van der Waals surface area contributed by atoms with Gasteiger partial charge in [-0.2, -0.15) is 0 Å². The number of hydrogen-bond donors (Lipinski definition) is 1. The Bertz CT molecular complexity index is 623. The molecular weight excluding hydrogens is 361 g/mol. The van der Waals surface area contributed by atoms with Crippen LogP contribution in [0.4, 0.5) is 5.69 Å². The Kier molecular flexibility index (Phi) is 5.08. The second-order valence-electron chi connectivity index (χ2n) is 4.32.